The third-order valence-corrected chi connectivity index (χ3v) is 6.70. The number of hydrogen-bond acceptors (Lipinski definition) is 3. The molecule has 0 spiro atoms. The van der Waals surface area contributed by atoms with Gasteiger partial charge in [-0.1, -0.05) is 69.3 Å². The molecule has 0 saturated carbocycles. The van der Waals surface area contributed by atoms with Gasteiger partial charge in [-0.3, -0.25) is 4.79 Å². The van der Waals surface area contributed by atoms with Crippen LogP contribution in [0.25, 0.3) is 33.6 Å². The Morgan fingerprint density at radius 2 is 1.59 bits per heavy atom. The summed E-state index contributed by atoms with van der Waals surface area (Å²) in [4.78, 5) is 30.2. The molecular formula is C28H31N5O. The van der Waals surface area contributed by atoms with E-state index < -0.39 is 0 Å². The van der Waals surface area contributed by atoms with E-state index in [9.17, 15) is 4.79 Å². The number of carbonyl (C=O) groups is 1. The number of amides is 1. The van der Waals surface area contributed by atoms with Gasteiger partial charge in [-0.25, -0.2) is 9.97 Å². The quantitative estimate of drug-likeness (QED) is 0.371. The standard InChI is InChI=1S/C28H31N5O/c1-18(2)14-26(34)33-13-12-19(3)27(33)28-30-16-25(32-28)23-10-6-21(7-11-23)20-4-8-22(9-5-20)24-15-29-17-31-24/h4-11,15-19,27H,12-14H2,1-3H3,(H,29,31)(H,30,32). The summed E-state index contributed by atoms with van der Waals surface area (Å²) in [5.41, 5.74) is 6.52. The van der Waals surface area contributed by atoms with Crippen molar-refractivity contribution in [2.45, 2.75) is 39.7 Å². The van der Waals surface area contributed by atoms with Crippen LogP contribution < -0.4 is 0 Å². The fraction of sp³-hybridized carbons (Fsp3) is 0.321. The van der Waals surface area contributed by atoms with Crippen LogP contribution in [-0.2, 0) is 4.79 Å². The van der Waals surface area contributed by atoms with Crippen molar-refractivity contribution in [1.82, 2.24) is 24.8 Å². The number of aromatic nitrogens is 4. The fourth-order valence-electron chi connectivity index (χ4n) is 4.84. The highest BCUT2D eigenvalue weighted by Crippen LogP contribution is 2.37. The maximum Gasteiger partial charge on any atom is 0.223 e. The molecule has 1 saturated heterocycles. The number of carbonyl (C=O) groups excluding carboxylic acids is 1. The molecule has 0 bridgehead atoms. The first-order valence-electron chi connectivity index (χ1n) is 12.0. The molecule has 174 valence electrons. The van der Waals surface area contributed by atoms with Gasteiger partial charge in [-0.05, 0) is 40.5 Å². The van der Waals surface area contributed by atoms with Crippen LogP contribution >= 0.6 is 0 Å². The van der Waals surface area contributed by atoms with Crippen LogP contribution in [0.5, 0.6) is 0 Å². The summed E-state index contributed by atoms with van der Waals surface area (Å²) in [5.74, 6) is 1.86. The zero-order chi connectivity index (χ0) is 23.7. The van der Waals surface area contributed by atoms with Gasteiger partial charge in [0.25, 0.3) is 0 Å². The van der Waals surface area contributed by atoms with E-state index in [1.807, 2.05) is 17.3 Å². The van der Waals surface area contributed by atoms with E-state index >= 15 is 0 Å². The number of benzene rings is 2. The molecule has 2 atom stereocenters. The average molecular weight is 454 g/mol. The normalized spacial score (nSPS) is 18.1. The number of nitrogens with one attached hydrogen (secondary N) is 2. The fourth-order valence-corrected chi connectivity index (χ4v) is 4.84. The first-order valence-corrected chi connectivity index (χ1v) is 12.0. The molecule has 3 heterocycles. The lowest BCUT2D eigenvalue weighted by atomic mass is 10.0. The zero-order valence-electron chi connectivity index (χ0n) is 20.0. The van der Waals surface area contributed by atoms with Gasteiger partial charge in [0.05, 0.1) is 36.2 Å². The minimum Gasteiger partial charge on any atom is -0.345 e. The zero-order valence-corrected chi connectivity index (χ0v) is 20.0. The summed E-state index contributed by atoms with van der Waals surface area (Å²) in [5, 5.41) is 0. The van der Waals surface area contributed by atoms with Gasteiger partial charge in [0.1, 0.15) is 5.82 Å². The summed E-state index contributed by atoms with van der Waals surface area (Å²) < 4.78 is 0. The van der Waals surface area contributed by atoms with Crippen LogP contribution in [0.2, 0.25) is 0 Å². The highest BCUT2D eigenvalue weighted by atomic mass is 16.2. The predicted molar refractivity (Wildman–Crippen MR) is 135 cm³/mol. The minimum atomic E-state index is 0.0210. The maximum atomic E-state index is 12.8. The van der Waals surface area contributed by atoms with Gasteiger partial charge >= 0.3 is 0 Å². The Morgan fingerprint density at radius 3 is 2.18 bits per heavy atom. The molecule has 1 amide bonds. The summed E-state index contributed by atoms with van der Waals surface area (Å²) in [6, 6.07) is 17.0. The SMILES string of the molecule is CC(C)CC(=O)N1CCC(C)C1c1ncc(-c2ccc(-c3ccc(-c4cnc[nH]4)cc3)cc2)[nH]1. The summed E-state index contributed by atoms with van der Waals surface area (Å²) in [6.07, 6.45) is 7.00. The lowest BCUT2D eigenvalue weighted by Gasteiger charge is -2.26. The van der Waals surface area contributed by atoms with Crippen LogP contribution in [0, 0.1) is 11.8 Å². The molecule has 0 aliphatic carbocycles. The van der Waals surface area contributed by atoms with Crippen molar-refractivity contribution in [2.75, 3.05) is 6.54 Å². The second kappa shape index (κ2) is 9.29. The third kappa shape index (κ3) is 4.40. The summed E-state index contributed by atoms with van der Waals surface area (Å²) in [6.45, 7) is 7.20. The molecule has 4 aromatic rings. The molecule has 1 fully saturated rings. The number of hydrogen-bond donors (Lipinski definition) is 2. The Labute approximate surface area is 200 Å². The molecule has 2 aromatic carbocycles. The van der Waals surface area contributed by atoms with E-state index in [1.165, 1.54) is 5.56 Å². The molecule has 2 N–H and O–H groups in total. The van der Waals surface area contributed by atoms with Crippen LogP contribution in [0.4, 0.5) is 0 Å². The monoisotopic (exact) mass is 453 g/mol. The van der Waals surface area contributed by atoms with E-state index in [1.54, 1.807) is 6.33 Å². The number of likely N-dealkylation sites (tertiary alicyclic amines) is 1. The largest absolute Gasteiger partial charge is 0.345 e. The summed E-state index contributed by atoms with van der Waals surface area (Å²) in [7, 11) is 0. The van der Waals surface area contributed by atoms with E-state index in [4.69, 9.17) is 4.98 Å². The maximum absolute atomic E-state index is 12.8. The second-order valence-electron chi connectivity index (χ2n) is 9.70. The van der Waals surface area contributed by atoms with E-state index in [0.29, 0.717) is 18.3 Å². The first-order chi connectivity index (χ1) is 16.5. The molecule has 1 aliphatic rings. The molecular weight excluding hydrogens is 422 g/mol. The van der Waals surface area contributed by atoms with Gasteiger partial charge in [0, 0.05) is 13.0 Å². The number of rotatable bonds is 6. The Morgan fingerprint density at radius 1 is 0.971 bits per heavy atom. The van der Waals surface area contributed by atoms with Crippen molar-refractivity contribution >= 4 is 5.91 Å². The average Bonchev–Trinajstić information content (AvgIpc) is 3.60. The Hall–Kier alpha value is -3.67. The van der Waals surface area contributed by atoms with Gasteiger partial charge in [-0.2, -0.15) is 0 Å². The van der Waals surface area contributed by atoms with E-state index in [-0.39, 0.29) is 11.9 Å². The smallest absolute Gasteiger partial charge is 0.223 e. The lowest BCUT2D eigenvalue weighted by molar-refractivity contribution is -0.133. The van der Waals surface area contributed by atoms with Crippen molar-refractivity contribution in [3.8, 4) is 33.6 Å². The molecule has 2 unspecified atom stereocenters. The van der Waals surface area contributed by atoms with Gasteiger partial charge < -0.3 is 14.9 Å². The predicted octanol–water partition coefficient (Wildman–Crippen LogP) is 6.09. The Kier molecular flexibility index (Phi) is 6.05. The topological polar surface area (TPSA) is 77.7 Å². The van der Waals surface area contributed by atoms with Crippen molar-refractivity contribution < 1.29 is 4.79 Å². The van der Waals surface area contributed by atoms with Crippen LogP contribution in [0.15, 0.2) is 67.3 Å². The Balaban J connectivity index is 1.33. The van der Waals surface area contributed by atoms with E-state index in [0.717, 1.165) is 46.9 Å². The molecule has 2 aromatic heterocycles. The van der Waals surface area contributed by atoms with Crippen LogP contribution in [0.1, 0.15) is 45.5 Å². The molecule has 34 heavy (non-hydrogen) atoms. The molecule has 5 rings (SSSR count). The first kappa shape index (κ1) is 22.1. The Bertz CT molecular complexity index is 1240. The highest BCUT2D eigenvalue weighted by molar-refractivity contribution is 5.77. The van der Waals surface area contributed by atoms with Gasteiger partial charge in [-0.15, -0.1) is 0 Å². The minimum absolute atomic E-state index is 0.0210. The number of aromatic amines is 2. The van der Waals surface area contributed by atoms with Crippen LogP contribution in [0.3, 0.4) is 0 Å². The molecule has 0 radical (unpaired) electrons. The van der Waals surface area contributed by atoms with E-state index in [2.05, 4.69) is 84.3 Å². The number of imidazole rings is 2. The van der Waals surface area contributed by atoms with Crippen molar-refractivity contribution in [1.29, 1.82) is 0 Å². The number of nitrogens with zero attached hydrogens (tertiary/aromatic N) is 3. The lowest BCUT2D eigenvalue weighted by Crippen LogP contribution is -2.33. The van der Waals surface area contributed by atoms with Crippen LogP contribution in [-0.4, -0.2) is 37.3 Å². The molecule has 1 aliphatic heterocycles. The number of H-pyrrole nitrogens is 2. The van der Waals surface area contributed by atoms with Gasteiger partial charge in [0.15, 0.2) is 0 Å². The molecule has 6 heteroatoms. The summed E-state index contributed by atoms with van der Waals surface area (Å²) >= 11 is 0. The highest BCUT2D eigenvalue weighted by Gasteiger charge is 2.37. The van der Waals surface area contributed by atoms with Crippen molar-refractivity contribution in [3.63, 3.8) is 0 Å². The third-order valence-electron chi connectivity index (χ3n) is 6.70. The second-order valence-corrected chi connectivity index (χ2v) is 9.70. The van der Waals surface area contributed by atoms with Crippen molar-refractivity contribution in [2.24, 2.45) is 11.8 Å². The molecule has 6 nitrogen and oxygen atoms in total. The van der Waals surface area contributed by atoms with Crippen molar-refractivity contribution in [3.05, 3.63) is 73.1 Å². The van der Waals surface area contributed by atoms with Gasteiger partial charge in [0.2, 0.25) is 5.91 Å².